The molecule has 4 nitrogen and oxygen atoms in total. The van der Waals surface area contributed by atoms with Crippen molar-refractivity contribution in [3.8, 4) is 73.1 Å². The molecule has 0 unspecified atom stereocenters. The third-order valence-corrected chi connectivity index (χ3v) is 15.9. The Morgan fingerprint density at radius 3 is 0.698 bits per heavy atom. The predicted molar refractivity (Wildman–Crippen MR) is 305 cm³/mol. The van der Waals surface area contributed by atoms with Crippen molar-refractivity contribution in [1.29, 1.82) is 5.26 Å². The molecular weight excluding hydrogens is 1330 g/mol. The fraction of sp³-hybridized carbons (Fsp3) is 0.118. The number of hydrogen-bond donors (Lipinski definition) is 0. The van der Waals surface area contributed by atoms with E-state index in [4.69, 9.17) is 0 Å². The fourth-order valence-corrected chi connectivity index (χ4v) is 11.6. The molecule has 12 rings (SSSR count). The molecule has 0 bridgehead atoms. The molecule has 0 radical (unpaired) electrons. The summed E-state index contributed by atoms with van der Waals surface area (Å²) in [6, 6.07) is 23.1. The van der Waals surface area contributed by atoms with Crippen molar-refractivity contribution >= 4 is 43.6 Å². The summed E-state index contributed by atoms with van der Waals surface area (Å²) < 4.78 is 348. The SMILES string of the molecule is N#Cc1cc(-n2c3ccc(-c4cc(C(F)(F)F)cc(C(F)(F)F)c4)cc3c3cc(-c4cc(C(F)(F)F)cc(C(F)(F)F)c4)ccc32)c(-n2c3ccc(-c4cc(C(F)(F)F)cc(C(F)(F)F)c4)cc3c3cc(-c4cc(C(F)(F)F)cc(C(F)(F)F)c4)ccc32)cc1-c1ccncc1. The molecule has 0 aliphatic rings. The molecule has 0 fully saturated rings. The van der Waals surface area contributed by atoms with E-state index in [0.29, 0.717) is 48.5 Å². The van der Waals surface area contributed by atoms with Crippen LogP contribution in [0.25, 0.3) is 111 Å². The smallest absolute Gasteiger partial charge is 0.307 e. The maximum absolute atomic E-state index is 14.4. The van der Waals surface area contributed by atoms with Gasteiger partial charge in [0, 0.05) is 39.5 Å². The van der Waals surface area contributed by atoms with Crippen LogP contribution in [0.5, 0.6) is 0 Å². The second-order valence-corrected chi connectivity index (χ2v) is 22.0. The quantitative estimate of drug-likeness (QED) is 0.149. The van der Waals surface area contributed by atoms with Crippen molar-refractivity contribution in [3.05, 3.63) is 232 Å². The van der Waals surface area contributed by atoms with E-state index >= 15 is 0 Å². The number of nitrogens with zero attached hydrogens (tertiary/aromatic N) is 4. The minimum atomic E-state index is -5.39. The molecule has 0 amide bonds. The van der Waals surface area contributed by atoms with Gasteiger partial charge in [0.15, 0.2) is 0 Å². The summed E-state index contributed by atoms with van der Waals surface area (Å²) in [7, 11) is 0. The number of hydrogen-bond acceptors (Lipinski definition) is 2. The summed E-state index contributed by atoms with van der Waals surface area (Å²) in [5.41, 5.74) is -19.1. The number of rotatable bonds is 7. The van der Waals surface area contributed by atoms with Gasteiger partial charge in [-0.3, -0.25) is 4.98 Å². The van der Waals surface area contributed by atoms with Gasteiger partial charge in [0.2, 0.25) is 0 Å². The molecule has 0 spiro atoms. The van der Waals surface area contributed by atoms with Crippen LogP contribution >= 0.6 is 0 Å². The molecular formula is C68H30F24N4. The molecule has 0 saturated heterocycles. The standard InChI is InChI=1S/C68H30F24N4/c69-61(70,71)42-13-37(14-43(26-42)62(72,73)74)33-1-5-55-51(21-33)52-22-34(38-15-44(63(75,76)77)27-45(16-38)64(78,79)80)2-6-56(52)95(55)59-25-41(31-93)50(32-9-11-94-12-10-32)30-60(59)96-57-7-3-35(39-17-46(65(81,82)83)28-47(18-39)66(84,85)86)23-53(57)54-24-36(4-8-58(54)96)40-19-48(67(87,88)89)29-49(20-40)68(90,91)92/h1-30H. The van der Waals surface area contributed by atoms with E-state index in [1.807, 2.05) is 0 Å². The van der Waals surface area contributed by atoms with Gasteiger partial charge in [-0.15, -0.1) is 0 Å². The van der Waals surface area contributed by atoms with Crippen LogP contribution < -0.4 is 0 Å². The van der Waals surface area contributed by atoms with Crippen LogP contribution in [-0.4, -0.2) is 14.1 Å². The average molecular weight is 1360 g/mol. The molecule has 3 aromatic heterocycles. The molecule has 0 atom stereocenters. The molecule has 3 heterocycles. The summed E-state index contributed by atoms with van der Waals surface area (Å²) in [5.74, 6) is 0. The maximum atomic E-state index is 14.4. The first-order valence-corrected chi connectivity index (χ1v) is 27.4. The maximum Gasteiger partial charge on any atom is 0.416 e. The Balaban J connectivity index is 1.22. The molecule has 28 heteroatoms. The fourth-order valence-electron chi connectivity index (χ4n) is 11.6. The van der Waals surface area contributed by atoms with Gasteiger partial charge in [0.25, 0.3) is 0 Å². The Hall–Kier alpha value is -10.5. The number of halogens is 24. The van der Waals surface area contributed by atoms with Crippen molar-refractivity contribution in [2.75, 3.05) is 0 Å². The first kappa shape index (κ1) is 65.6. The van der Waals surface area contributed by atoms with E-state index in [2.05, 4.69) is 11.1 Å². The van der Waals surface area contributed by atoms with E-state index < -0.39 is 116 Å². The monoisotopic (exact) mass is 1360 g/mol. The zero-order valence-corrected chi connectivity index (χ0v) is 47.2. The third kappa shape index (κ3) is 12.3. The number of aromatic nitrogens is 3. The Morgan fingerprint density at radius 1 is 0.250 bits per heavy atom. The summed E-state index contributed by atoms with van der Waals surface area (Å²) in [4.78, 5) is 4.01. The number of alkyl halides is 24. The van der Waals surface area contributed by atoms with Gasteiger partial charge in [-0.2, -0.15) is 111 Å². The van der Waals surface area contributed by atoms with E-state index in [9.17, 15) is 111 Å². The molecule has 0 saturated carbocycles. The highest BCUT2D eigenvalue weighted by atomic mass is 19.4. The van der Waals surface area contributed by atoms with Crippen LogP contribution in [0.4, 0.5) is 105 Å². The first-order chi connectivity index (χ1) is 44.5. The molecule has 9 aromatic carbocycles. The summed E-state index contributed by atoms with van der Waals surface area (Å²) >= 11 is 0. The highest BCUT2D eigenvalue weighted by molar-refractivity contribution is 6.14. The van der Waals surface area contributed by atoms with Crippen LogP contribution in [0.3, 0.4) is 0 Å². The highest BCUT2D eigenvalue weighted by Gasteiger charge is 2.42. The second-order valence-electron chi connectivity index (χ2n) is 22.0. The molecule has 490 valence electrons. The van der Waals surface area contributed by atoms with Crippen molar-refractivity contribution in [2.45, 2.75) is 49.4 Å². The Morgan fingerprint density at radius 2 is 0.479 bits per heavy atom. The molecule has 96 heavy (non-hydrogen) atoms. The normalized spacial score (nSPS) is 13.2. The van der Waals surface area contributed by atoms with Gasteiger partial charge >= 0.3 is 49.4 Å². The number of fused-ring (bicyclic) bond motifs is 6. The lowest BCUT2D eigenvalue weighted by atomic mass is 9.96. The zero-order chi connectivity index (χ0) is 69.5. The van der Waals surface area contributed by atoms with Gasteiger partial charge in [-0.05, 0) is 196 Å². The minimum absolute atomic E-state index is 0.0505. The molecule has 0 aliphatic carbocycles. The summed E-state index contributed by atoms with van der Waals surface area (Å²) in [6.07, 6.45) is -40.5. The average Bonchev–Trinajstić information content (AvgIpc) is 1.55. The molecule has 12 aromatic rings. The largest absolute Gasteiger partial charge is 0.416 e. The van der Waals surface area contributed by atoms with Crippen molar-refractivity contribution in [3.63, 3.8) is 0 Å². The van der Waals surface area contributed by atoms with Gasteiger partial charge in [0.1, 0.15) is 0 Å². The van der Waals surface area contributed by atoms with Gasteiger partial charge in [-0.1, -0.05) is 24.3 Å². The third-order valence-electron chi connectivity index (χ3n) is 15.9. The lowest BCUT2D eigenvalue weighted by Gasteiger charge is -2.20. The predicted octanol–water partition coefficient (Wildman–Crippen LogP) is 23.6. The Kier molecular flexibility index (Phi) is 15.3. The van der Waals surface area contributed by atoms with Crippen LogP contribution in [0, 0.1) is 11.3 Å². The van der Waals surface area contributed by atoms with Crippen LogP contribution in [0.15, 0.2) is 182 Å². The van der Waals surface area contributed by atoms with Gasteiger partial charge in [-0.25, -0.2) is 0 Å². The lowest BCUT2D eigenvalue weighted by Crippen LogP contribution is -2.11. The molecule has 0 N–H and O–H groups in total. The minimum Gasteiger partial charge on any atom is -0.307 e. The van der Waals surface area contributed by atoms with Crippen molar-refractivity contribution in [1.82, 2.24) is 14.1 Å². The van der Waals surface area contributed by atoms with Crippen molar-refractivity contribution < 1.29 is 105 Å². The first-order valence-electron chi connectivity index (χ1n) is 27.4. The summed E-state index contributed by atoms with van der Waals surface area (Å²) in [6.45, 7) is 0. The highest BCUT2D eigenvalue weighted by Crippen LogP contribution is 2.49. The summed E-state index contributed by atoms with van der Waals surface area (Å²) in [5, 5.41) is 10.3. The Labute approximate surface area is 521 Å². The lowest BCUT2D eigenvalue weighted by molar-refractivity contribution is -0.144. The number of pyridine rings is 1. The van der Waals surface area contributed by atoms with Crippen LogP contribution in [0.2, 0.25) is 0 Å². The van der Waals surface area contributed by atoms with E-state index in [0.717, 1.165) is 60.7 Å². The van der Waals surface area contributed by atoms with E-state index in [1.54, 1.807) is 0 Å². The second kappa shape index (κ2) is 22.3. The number of benzene rings is 9. The zero-order valence-electron chi connectivity index (χ0n) is 47.2. The van der Waals surface area contributed by atoms with Gasteiger partial charge in [0.05, 0.1) is 89.6 Å². The number of nitriles is 1. The molecule has 0 aliphatic heterocycles. The van der Waals surface area contributed by atoms with Crippen molar-refractivity contribution in [2.24, 2.45) is 0 Å². The van der Waals surface area contributed by atoms with Gasteiger partial charge < -0.3 is 9.13 Å². The van der Waals surface area contributed by atoms with E-state index in [-0.39, 0.29) is 118 Å². The van der Waals surface area contributed by atoms with E-state index in [1.165, 1.54) is 57.9 Å². The van der Waals surface area contributed by atoms with Crippen LogP contribution in [0.1, 0.15) is 50.1 Å². The topological polar surface area (TPSA) is 46.5 Å². The van der Waals surface area contributed by atoms with Crippen LogP contribution in [-0.2, 0) is 49.4 Å². The Bertz CT molecular complexity index is 4780.